The third kappa shape index (κ3) is 3.19. The van der Waals surface area contributed by atoms with Gasteiger partial charge in [-0.2, -0.15) is 0 Å². The van der Waals surface area contributed by atoms with Crippen LogP contribution in [0.3, 0.4) is 0 Å². The number of pyridine rings is 1. The highest BCUT2D eigenvalue weighted by atomic mass is 35.5. The van der Waals surface area contributed by atoms with Crippen molar-refractivity contribution in [3.05, 3.63) is 58.4 Å². The van der Waals surface area contributed by atoms with Gasteiger partial charge in [-0.05, 0) is 36.8 Å². The molecule has 20 heavy (non-hydrogen) atoms. The maximum Gasteiger partial charge on any atom is 0.189 e. The van der Waals surface area contributed by atoms with Gasteiger partial charge in [0.25, 0.3) is 0 Å². The van der Waals surface area contributed by atoms with E-state index < -0.39 is 0 Å². The van der Waals surface area contributed by atoms with E-state index in [2.05, 4.69) is 10.1 Å². The second-order valence-corrected chi connectivity index (χ2v) is 4.60. The van der Waals surface area contributed by atoms with Gasteiger partial charge in [0.1, 0.15) is 18.1 Å². The van der Waals surface area contributed by atoms with Crippen molar-refractivity contribution in [2.45, 2.75) is 13.5 Å². The van der Waals surface area contributed by atoms with Crippen LogP contribution in [0.2, 0.25) is 5.02 Å². The van der Waals surface area contributed by atoms with E-state index in [-0.39, 0.29) is 12.4 Å². The van der Waals surface area contributed by atoms with Crippen molar-refractivity contribution in [3.8, 4) is 5.75 Å². The molecule has 1 aromatic heterocycles. The van der Waals surface area contributed by atoms with Crippen molar-refractivity contribution in [3.63, 3.8) is 0 Å². The van der Waals surface area contributed by atoms with Crippen LogP contribution in [-0.4, -0.2) is 16.0 Å². The zero-order chi connectivity index (χ0) is 14.5. The summed E-state index contributed by atoms with van der Waals surface area (Å²) in [5.41, 5.74) is 7.64. The molecule has 2 rings (SSSR count). The average Bonchev–Trinajstić information content (AvgIpc) is 2.48. The second-order valence-electron chi connectivity index (χ2n) is 4.20. The van der Waals surface area contributed by atoms with Crippen molar-refractivity contribution in [1.82, 2.24) is 4.98 Å². The number of aromatic nitrogens is 1. The first-order valence-electron chi connectivity index (χ1n) is 5.92. The Labute approximate surface area is 121 Å². The molecule has 0 bridgehead atoms. The van der Waals surface area contributed by atoms with Gasteiger partial charge in [-0.3, -0.25) is 4.98 Å². The summed E-state index contributed by atoms with van der Waals surface area (Å²) in [7, 11) is 0. The van der Waals surface area contributed by atoms with Crippen LogP contribution < -0.4 is 10.5 Å². The number of rotatable bonds is 4. The van der Waals surface area contributed by atoms with E-state index in [9.17, 15) is 0 Å². The van der Waals surface area contributed by atoms with Gasteiger partial charge in [-0.1, -0.05) is 22.8 Å². The van der Waals surface area contributed by atoms with E-state index in [0.29, 0.717) is 16.5 Å². The Morgan fingerprint density at radius 1 is 1.45 bits per heavy atom. The van der Waals surface area contributed by atoms with Gasteiger partial charge in [-0.25, -0.2) is 0 Å². The van der Waals surface area contributed by atoms with Crippen LogP contribution in [0.5, 0.6) is 5.75 Å². The lowest BCUT2D eigenvalue weighted by atomic mass is 10.2. The molecule has 0 saturated carbocycles. The standard InChI is InChI=1S/C14H14ClN3O2/c1-9-7-11(4-5-12(9)15)20-8-10-3-2-6-17-13(10)14(16)18-19/h2-7,19H,8H2,1H3,(H2,16,18). The van der Waals surface area contributed by atoms with Gasteiger partial charge in [-0.15, -0.1) is 0 Å². The Balaban J connectivity index is 2.17. The molecule has 0 aliphatic heterocycles. The van der Waals surface area contributed by atoms with E-state index in [0.717, 1.165) is 11.1 Å². The number of nitrogens with two attached hydrogens (primary N) is 1. The zero-order valence-electron chi connectivity index (χ0n) is 10.9. The Hall–Kier alpha value is -2.27. The van der Waals surface area contributed by atoms with Crippen molar-refractivity contribution < 1.29 is 9.94 Å². The molecule has 0 spiro atoms. The Bertz CT molecular complexity index is 644. The first kappa shape index (κ1) is 14.1. The minimum Gasteiger partial charge on any atom is -0.489 e. The first-order chi connectivity index (χ1) is 9.61. The molecular formula is C14H14ClN3O2. The Morgan fingerprint density at radius 3 is 2.95 bits per heavy atom. The lowest BCUT2D eigenvalue weighted by molar-refractivity contribution is 0.304. The van der Waals surface area contributed by atoms with Crippen LogP contribution in [0.1, 0.15) is 16.8 Å². The van der Waals surface area contributed by atoms with E-state index >= 15 is 0 Å². The molecule has 0 aliphatic carbocycles. The molecule has 3 N–H and O–H groups in total. The summed E-state index contributed by atoms with van der Waals surface area (Å²) in [5, 5.41) is 12.4. The molecule has 2 aromatic rings. The van der Waals surface area contributed by atoms with Crippen LogP contribution in [0, 0.1) is 6.92 Å². The molecule has 0 aliphatic rings. The monoisotopic (exact) mass is 291 g/mol. The highest BCUT2D eigenvalue weighted by molar-refractivity contribution is 6.31. The summed E-state index contributed by atoms with van der Waals surface area (Å²) in [5.74, 6) is 0.651. The second kappa shape index (κ2) is 6.25. The number of oxime groups is 1. The average molecular weight is 292 g/mol. The number of aryl methyl sites for hydroxylation is 1. The number of nitrogens with zero attached hydrogens (tertiary/aromatic N) is 2. The molecule has 0 atom stereocenters. The minimum atomic E-state index is -0.0449. The van der Waals surface area contributed by atoms with Crippen LogP contribution in [0.4, 0.5) is 0 Å². The van der Waals surface area contributed by atoms with Crippen molar-refractivity contribution in [2.75, 3.05) is 0 Å². The van der Waals surface area contributed by atoms with Crippen molar-refractivity contribution in [1.29, 1.82) is 0 Å². The molecule has 0 radical (unpaired) electrons. The van der Waals surface area contributed by atoms with E-state index in [1.165, 1.54) is 0 Å². The molecule has 0 saturated heterocycles. The number of hydrogen-bond donors (Lipinski definition) is 2. The fourth-order valence-electron chi connectivity index (χ4n) is 1.70. The van der Waals surface area contributed by atoms with Crippen LogP contribution in [0.25, 0.3) is 0 Å². The van der Waals surface area contributed by atoms with Gasteiger partial charge in [0, 0.05) is 16.8 Å². The van der Waals surface area contributed by atoms with Gasteiger partial charge >= 0.3 is 0 Å². The maximum atomic E-state index is 8.73. The number of ether oxygens (including phenoxy) is 1. The smallest absolute Gasteiger partial charge is 0.189 e. The number of benzene rings is 1. The van der Waals surface area contributed by atoms with Crippen LogP contribution in [0.15, 0.2) is 41.7 Å². The topological polar surface area (TPSA) is 80.7 Å². The van der Waals surface area contributed by atoms with Gasteiger partial charge in [0.15, 0.2) is 5.84 Å². The fraction of sp³-hybridized carbons (Fsp3) is 0.143. The lowest BCUT2D eigenvalue weighted by Gasteiger charge is -2.10. The number of hydrogen-bond acceptors (Lipinski definition) is 4. The quantitative estimate of drug-likeness (QED) is 0.393. The minimum absolute atomic E-state index is 0.0449. The van der Waals surface area contributed by atoms with Gasteiger partial charge in [0.05, 0.1) is 0 Å². The fourth-order valence-corrected chi connectivity index (χ4v) is 1.82. The van der Waals surface area contributed by atoms with E-state index in [1.807, 2.05) is 19.1 Å². The molecular weight excluding hydrogens is 278 g/mol. The Morgan fingerprint density at radius 2 is 2.25 bits per heavy atom. The third-order valence-electron chi connectivity index (χ3n) is 2.77. The SMILES string of the molecule is Cc1cc(OCc2cccnc2C(N)=NO)ccc1Cl. The molecule has 0 unspecified atom stereocenters. The largest absolute Gasteiger partial charge is 0.489 e. The van der Waals surface area contributed by atoms with E-state index in [1.54, 1.807) is 24.4 Å². The molecule has 1 heterocycles. The zero-order valence-corrected chi connectivity index (χ0v) is 11.6. The molecule has 5 nitrogen and oxygen atoms in total. The summed E-state index contributed by atoms with van der Waals surface area (Å²) in [4.78, 5) is 4.08. The van der Waals surface area contributed by atoms with Gasteiger partial charge in [0.2, 0.25) is 0 Å². The van der Waals surface area contributed by atoms with E-state index in [4.69, 9.17) is 27.3 Å². The summed E-state index contributed by atoms with van der Waals surface area (Å²) in [6.07, 6.45) is 1.57. The van der Waals surface area contributed by atoms with Crippen LogP contribution >= 0.6 is 11.6 Å². The van der Waals surface area contributed by atoms with Crippen molar-refractivity contribution in [2.24, 2.45) is 10.9 Å². The molecule has 6 heteroatoms. The summed E-state index contributed by atoms with van der Waals surface area (Å²) in [6.45, 7) is 2.17. The molecule has 1 aromatic carbocycles. The number of halogens is 1. The van der Waals surface area contributed by atoms with Gasteiger partial charge < -0.3 is 15.7 Å². The summed E-state index contributed by atoms with van der Waals surface area (Å²) in [6, 6.07) is 8.99. The third-order valence-corrected chi connectivity index (χ3v) is 3.19. The van der Waals surface area contributed by atoms with Crippen LogP contribution in [-0.2, 0) is 6.61 Å². The summed E-state index contributed by atoms with van der Waals surface area (Å²) < 4.78 is 5.67. The number of amidine groups is 1. The Kier molecular flexibility index (Phi) is 4.42. The highest BCUT2D eigenvalue weighted by Crippen LogP contribution is 2.22. The highest BCUT2D eigenvalue weighted by Gasteiger charge is 2.09. The van der Waals surface area contributed by atoms with Crippen molar-refractivity contribution >= 4 is 17.4 Å². The predicted octanol–water partition coefficient (Wildman–Crippen LogP) is 2.72. The normalized spacial score (nSPS) is 11.4. The molecule has 0 fully saturated rings. The first-order valence-corrected chi connectivity index (χ1v) is 6.30. The maximum absolute atomic E-state index is 8.73. The molecule has 0 amide bonds. The molecule has 104 valence electrons. The predicted molar refractivity (Wildman–Crippen MR) is 77.3 cm³/mol. The lowest BCUT2D eigenvalue weighted by Crippen LogP contribution is -2.18. The summed E-state index contributed by atoms with van der Waals surface area (Å²) >= 11 is 5.96.